The summed E-state index contributed by atoms with van der Waals surface area (Å²) in [6.07, 6.45) is 1.96. The zero-order valence-electron chi connectivity index (χ0n) is 19.6. The molecule has 1 atom stereocenters. The van der Waals surface area contributed by atoms with E-state index in [-0.39, 0.29) is 11.7 Å². The number of H-pyrrole nitrogens is 1. The van der Waals surface area contributed by atoms with Gasteiger partial charge in [-0.05, 0) is 74.3 Å². The number of thiocarbonyl (C=S) groups is 1. The summed E-state index contributed by atoms with van der Waals surface area (Å²) in [5.74, 6) is -0.451. The Hall–Kier alpha value is -3.23. The largest absolute Gasteiger partial charge is 0.465 e. The monoisotopic (exact) mass is 479 g/mol. The van der Waals surface area contributed by atoms with E-state index in [4.69, 9.17) is 21.7 Å². The van der Waals surface area contributed by atoms with Crippen LogP contribution in [0.3, 0.4) is 0 Å². The number of carbonyl (C=O) groups excluding carboxylic acids is 1. The van der Waals surface area contributed by atoms with E-state index in [9.17, 15) is 9.59 Å². The van der Waals surface area contributed by atoms with Crippen molar-refractivity contribution < 1.29 is 14.3 Å². The minimum Gasteiger partial charge on any atom is -0.465 e. The number of carbonyl (C=O) groups is 1. The average Bonchev–Trinajstić information content (AvgIpc) is 3.32. The molecule has 0 unspecified atom stereocenters. The van der Waals surface area contributed by atoms with E-state index in [0.29, 0.717) is 35.0 Å². The number of nitrogens with zero attached hydrogens (tertiary/aromatic N) is 1. The summed E-state index contributed by atoms with van der Waals surface area (Å²) in [6.45, 7) is 5.62. The number of hydrogen-bond acceptors (Lipinski definition) is 5. The molecule has 0 bridgehead atoms. The predicted octanol–water partition coefficient (Wildman–Crippen LogP) is 4.31. The van der Waals surface area contributed by atoms with Crippen molar-refractivity contribution in [3.8, 4) is 0 Å². The highest BCUT2D eigenvalue weighted by Gasteiger charge is 2.23. The first-order valence-electron chi connectivity index (χ1n) is 11.3. The van der Waals surface area contributed by atoms with Crippen molar-refractivity contribution in [2.45, 2.75) is 39.3 Å². The van der Waals surface area contributed by atoms with Gasteiger partial charge in [0.25, 0.3) is 5.56 Å². The molecule has 0 saturated carbocycles. The molecule has 0 radical (unpaired) electrons. The van der Waals surface area contributed by atoms with Gasteiger partial charge in [-0.2, -0.15) is 0 Å². The molecule has 1 aliphatic heterocycles. The summed E-state index contributed by atoms with van der Waals surface area (Å²) in [6, 6.07) is 13.1. The van der Waals surface area contributed by atoms with Crippen LogP contribution in [0.4, 0.5) is 5.69 Å². The van der Waals surface area contributed by atoms with Crippen LogP contribution in [0.5, 0.6) is 0 Å². The molecule has 1 aliphatic rings. The van der Waals surface area contributed by atoms with Gasteiger partial charge in [-0.3, -0.25) is 4.79 Å². The van der Waals surface area contributed by atoms with Crippen molar-refractivity contribution in [3.05, 3.63) is 75.1 Å². The van der Waals surface area contributed by atoms with E-state index >= 15 is 0 Å². The zero-order chi connectivity index (χ0) is 24.2. The number of methoxy groups -OCH3 is 1. The number of esters is 1. The van der Waals surface area contributed by atoms with E-state index in [1.807, 2.05) is 36.9 Å². The fourth-order valence-electron chi connectivity index (χ4n) is 4.37. The van der Waals surface area contributed by atoms with Crippen LogP contribution in [0.15, 0.2) is 47.3 Å². The number of fused-ring (bicyclic) bond motifs is 1. The Morgan fingerprint density at radius 1 is 1.26 bits per heavy atom. The van der Waals surface area contributed by atoms with Gasteiger partial charge in [0.05, 0.1) is 31.0 Å². The number of aromatic nitrogens is 1. The molecule has 178 valence electrons. The molecule has 0 spiro atoms. The number of aryl methyl sites for hydroxylation is 2. The number of aromatic amines is 1. The number of hydrogen-bond donors (Lipinski definition) is 2. The summed E-state index contributed by atoms with van der Waals surface area (Å²) >= 11 is 5.75. The highest BCUT2D eigenvalue weighted by Crippen LogP contribution is 2.22. The van der Waals surface area contributed by atoms with E-state index in [1.54, 1.807) is 18.2 Å². The number of rotatable bonds is 6. The number of benzene rings is 2. The first-order chi connectivity index (χ1) is 16.4. The van der Waals surface area contributed by atoms with Crippen LogP contribution in [0.1, 0.15) is 39.9 Å². The molecule has 2 aromatic carbocycles. The summed E-state index contributed by atoms with van der Waals surface area (Å²) in [7, 11) is 1.34. The molecule has 8 heteroatoms. The number of para-hydroxylation sites is 1. The Balaban J connectivity index is 1.64. The van der Waals surface area contributed by atoms with E-state index in [0.717, 1.165) is 41.5 Å². The molecule has 1 fully saturated rings. The Kier molecular flexibility index (Phi) is 7.29. The van der Waals surface area contributed by atoms with Gasteiger partial charge in [-0.25, -0.2) is 4.79 Å². The first-order valence-corrected chi connectivity index (χ1v) is 11.7. The van der Waals surface area contributed by atoms with Crippen LogP contribution in [0, 0.1) is 13.8 Å². The fourth-order valence-corrected chi connectivity index (χ4v) is 4.62. The van der Waals surface area contributed by atoms with Crippen molar-refractivity contribution in [2.24, 2.45) is 0 Å². The Morgan fingerprint density at radius 3 is 2.79 bits per heavy atom. The maximum absolute atomic E-state index is 13.0. The van der Waals surface area contributed by atoms with Crippen molar-refractivity contribution >= 4 is 39.9 Å². The van der Waals surface area contributed by atoms with Gasteiger partial charge in [0.15, 0.2) is 5.11 Å². The summed E-state index contributed by atoms with van der Waals surface area (Å²) in [5, 5.41) is 4.60. The second kappa shape index (κ2) is 10.4. The Labute approximate surface area is 204 Å². The summed E-state index contributed by atoms with van der Waals surface area (Å²) < 4.78 is 10.7. The van der Waals surface area contributed by atoms with Gasteiger partial charge in [0.1, 0.15) is 0 Å². The van der Waals surface area contributed by atoms with E-state index in [2.05, 4.69) is 16.4 Å². The Morgan fingerprint density at radius 2 is 2.06 bits per heavy atom. The fraction of sp³-hybridized carbons (Fsp3) is 0.346. The van der Waals surface area contributed by atoms with E-state index in [1.165, 1.54) is 7.11 Å². The lowest BCUT2D eigenvalue weighted by Crippen LogP contribution is -2.40. The molecule has 2 heterocycles. The highest BCUT2D eigenvalue weighted by molar-refractivity contribution is 7.80. The van der Waals surface area contributed by atoms with E-state index < -0.39 is 5.97 Å². The van der Waals surface area contributed by atoms with Gasteiger partial charge in [-0.15, -0.1) is 0 Å². The number of ether oxygens (including phenoxy) is 2. The number of pyridine rings is 1. The third-order valence-corrected chi connectivity index (χ3v) is 6.42. The number of nitrogens with one attached hydrogen (secondary N) is 2. The maximum atomic E-state index is 13.0. The third kappa shape index (κ3) is 5.29. The highest BCUT2D eigenvalue weighted by atomic mass is 32.1. The minimum atomic E-state index is -0.451. The van der Waals surface area contributed by atoms with Gasteiger partial charge in [-0.1, -0.05) is 18.2 Å². The molecular weight excluding hydrogens is 450 g/mol. The SMILES string of the molecule is COC(=O)c1ccccc1NC(=S)N(Cc1cc2c(C)cc(C)cc2[nH]c1=O)C[C@H]1CCCO1. The average molecular weight is 480 g/mol. The minimum absolute atomic E-state index is 0.0273. The molecule has 34 heavy (non-hydrogen) atoms. The molecule has 4 rings (SSSR count). The van der Waals surface area contributed by atoms with Gasteiger partial charge in [0, 0.05) is 29.6 Å². The van der Waals surface area contributed by atoms with Gasteiger partial charge >= 0.3 is 5.97 Å². The molecule has 1 aromatic heterocycles. The van der Waals surface area contributed by atoms with Crippen LogP contribution in [-0.4, -0.2) is 47.3 Å². The van der Waals surface area contributed by atoms with Gasteiger partial charge < -0.3 is 24.7 Å². The van der Waals surface area contributed by atoms with Gasteiger partial charge in [0.2, 0.25) is 0 Å². The van der Waals surface area contributed by atoms with Crippen molar-refractivity contribution in [3.63, 3.8) is 0 Å². The zero-order valence-corrected chi connectivity index (χ0v) is 20.5. The van der Waals surface area contributed by atoms with Crippen LogP contribution in [-0.2, 0) is 16.0 Å². The summed E-state index contributed by atoms with van der Waals surface area (Å²) in [4.78, 5) is 30.1. The predicted molar refractivity (Wildman–Crippen MR) is 137 cm³/mol. The van der Waals surface area contributed by atoms with Crippen LogP contribution >= 0.6 is 12.2 Å². The molecule has 7 nitrogen and oxygen atoms in total. The van der Waals surface area contributed by atoms with Crippen LogP contribution in [0.25, 0.3) is 10.9 Å². The molecule has 0 aliphatic carbocycles. The topological polar surface area (TPSA) is 83.7 Å². The Bertz CT molecular complexity index is 1280. The standard InChI is InChI=1S/C26H29N3O4S/c1-16-11-17(2)21-13-18(24(30)27-23(21)12-16)14-29(15-19-7-6-10-33-19)26(34)28-22-9-5-4-8-20(22)25(31)32-3/h4-5,8-9,11-13,19H,6-7,10,14-15H2,1-3H3,(H,27,30)(H,28,34)/t19-/m1/s1. The lowest BCUT2D eigenvalue weighted by molar-refractivity contribution is 0.0602. The second-order valence-corrected chi connectivity index (χ2v) is 9.04. The lowest BCUT2D eigenvalue weighted by Gasteiger charge is -2.28. The second-order valence-electron chi connectivity index (χ2n) is 8.65. The molecule has 2 N–H and O–H groups in total. The van der Waals surface area contributed by atoms with Crippen molar-refractivity contribution in [2.75, 3.05) is 25.6 Å². The molecular formula is C26H29N3O4S. The molecule has 3 aromatic rings. The lowest BCUT2D eigenvalue weighted by atomic mass is 10.0. The smallest absolute Gasteiger partial charge is 0.339 e. The molecule has 1 saturated heterocycles. The quantitative estimate of drug-likeness (QED) is 0.403. The normalized spacial score (nSPS) is 15.3. The maximum Gasteiger partial charge on any atom is 0.339 e. The number of anilines is 1. The molecule has 0 amide bonds. The van der Waals surface area contributed by atoms with Crippen molar-refractivity contribution in [1.82, 2.24) is 9.88 Å². The van der Waals surface area contributed by atoms with Crippen molar-refractivity contribution in [1.29, 1.82) is 0 Å². The van der Waals surface area contributed by atoms with Crippen LogP contribution < -0.4 is 10.9 Å². The third-order valence-electron chi connectivity index (χ3n) is 6.06. The first kappa shape index (κ1) is 23.9. The van der Waals surface area contributed by atoms with Crippen LogP contribution in [0.2, 0.25) is 0 Å². The summed E-state index contributed by atoms with van der Waals surface area (Å²) in [5.41, 5.74) is 4.43.